The molecule has 0 spiro atoms. The number of rotatable bonds is 1. The molecule has 90 valence electrons. The van der Waals surface area contributed by atoms with Crippen LogP contribution in [0.5, 0.6) is 0 Å². The Morgan fingerprint density at radius 2 is 1.62 bits per heavy atom. The molecule has 16 heavy (non-hydrogen) atoms. The van der Waals surface area contributed by atoms with Gasteiger partial charge in [-0.2, -0.15) is 0 Å². The Morgan fingerprint density at radius 3 is 2.44 bits per heavy atom. The Labute approximate surface area is 96.8 Å². The van der Waals surface area contributed by atoms with Crippen LogP contribution < -0.4 is 0 Å². The summed E-state index contributed by atoms with van der Waals surface area (Å²) < 4.78 is 0. The third-order valence-electron chi connectivity index (χ3n) is 5.44. The molecule has 3 heteroatoms. The maximum Gasteiger partial charge on any atom is 0.213 e. The first-order valence-electron chi connectivity index (χ1n) is 6.89. The second-order valence-corrected chi connectivity index (χ2v) is 6.12. The van der Waals surface area contributed by atoms with Crippen molar-refractivity contribution in [3.63, 3.8) is 0 Å². The van der Waals surface area contributed by atoms with Gasteiger partial charge in [0.25, 0.3) is 0 Å². The summed E-state index contributed by atoms with van der Waals surface area (Å²) in [4.78, 5) is 10.8. The van der Waals surface area contributed by atoms with Crippen LogP contribution >= 0.6 is 0 Å². The van der Waals surface area contributed by atoms with Crippen molar-refractivity contribution in [2.45, 2.75) is 57.4 Å². The Hall–Kier alpha value is -0.600. The smallest absolute Gasteiger partial charge is 0.213 e. The second kappa shape index (κ2) is 4.01. The zero-order valence-corrected chi connectivity index (χ0v) is 9.81. The fraction of sp³-hybridized carbons (Fsp3) is 1.00. The highest BCUT2D eigenvalue weighted by Crippen LogP contribution is 2.54. The van der Waals surface area contributed by atoms with Gasteiger partial charge in [-0.25, -0.2) is 0 Å². The molecule has 0 aromatic carbocycles. The SMILES string of the molecule is O=[N+]([O-])C1CCC2C(CC3CCCCC32)C1. The average molecular weight is 223 g/mol. The highest BCUT2D eigenvalue weighted by atomic mass is 16.6. The number of fused-ring (bicyclic) bond motifs is 3. The topological polar surface area (TPSA) is 43.1 Å². The predicted octanol–water partition coefficient (Wildman–Crippen LogP) is 3.26. The lowest BCUT2D eigenvalue weighted by atomic mass is 9.72. The molecule has 0 radical (unpaired) electrons. The lowest BCUT2D eigenvalue weighted by molar-refractivity contribution is -0.528. The van der Waals surface area contributed by atoms with E-state index in [1.54, 1.807) is 0 Å². The van der Waals surface area contributed by atoms with Crippen LogP contribution in [-0.4, -0.2) is 11.0 Å². The minimum absolute atomic E-state index is 0.0296. The van der Waals surface area contributed by atoms with Gasteiger partial charge in [-0.05, 0) is 42.9 Å². The number of hydrogen-bond donors (Lipinski definition) is 0. The molecule has 0 N–H and O–H groups in total. The molecule has 0 aliphatic heterocycles. The van der Waals surface area contributed by atoms with Gasteiger partial charge in [-0.1, -0.05) is 19.3 Å². The molecule has 5 atom stereocenters. The Bertz CT molecular complexity index is 292. The first-order chi connectivity index (χ1) is 7.75. The molecule has 3 aliphatic carbocycles. The first kappa shape index (κ1) is 10.5. The van der Waals surface area contributed by atoms with E-state index < -0.39 is 0 Å². The minimum Gasteiger partial charge on any atom is -0.264 e. The van der Waals surface area contributed by atoms with Gasteiger partial charge in [-0.15, -0.1) is 0 Å². The summed E-state index contributed by atoms with van der Waals surface area (Å²) in [5.41, 5.74) is 0. The van der Waals surface area contributed by atoms with Gasteiger partial charge in [0.2, 0.25) is 6.04 Å². The Kier molecular flexibility index (Phi) is 2.64. The van der Waals surface area contributed by atoms with Crippen LogP contribution in [0.4, 0.5) is 0 Å². The van der Waals surface area contributed by atoms with Crippen LogP contribution in [-0.2, 0) is 0 Å². The number of nitro groups is 1. The van der Waals surface area contributed by atoms with E-state index in [0.29, 0.717) is 5.92 Å². The molecule has 3 rings (SSSR count). The van der Waals surface area contributed by atoms with Crippen LogP contribution in [0.1, 0.15) is 51.4 Å². The highest BCUT2D eigenvalue weighted by Gasteiger charge is 2.48. The summed E-state index contributed by atoms with van der Waals surface area (Å²) in [5.74, 6) is 3.40. The van der Waals surface area contributed by atoms with Crippen molar-refractivity contribution < 1.29 is 4.92 Å². The molecular weight excluding hydrogens is 202 g/mol. The van der Waals surface area contributed by atoms with E-state index in [9.17, 15) is 10.1 Å². The van der Waals surface area contributed by atoms with Crippen LogP contribution in [0.3, 0.4) is 0 Å². The van der Waals surface area contributed by atoms with Crippen molar-refractivity contribution in [3.05, 3.63) is 10.1 Å². The van der Waals surface area contributed by atoms with Gasteiger partial charge in [-0.3, -0.25) is 10.1 Å². The number of nitrogens with zero attached hydrogens (tertiary/aromatic N) is 1. The molecule has 0 amide bonds. The monoisotopic (exact) mass is 223 g/mol. The molecule has 3 nitrogen and oxygen atoms in total. The van der Waals surface area contributed by atoms with Gasteiger partial charge < -0.3 is 0 Å². The molecule has 3 fully saturated rings. The average Bonchev–Trinajstić information content (AvgIpc) is 2.66. The molecule has 0 bridgehead atoms. The minimum atomic E-state index is -0.221. The second-order valence-electron chi connectivity index (χ2n) is 6.12. The van der Waals surface area contributed by atoms with E-state index in [0.717, 1.165) is 37.0 Å². The van der Waals surface area contributed by atoms with Gasteiger partial charge in [0.1, 0.15) is 0 Å². The van der Waals surface area contributed by atoms with Crippen LogP contribution in [0.25, 0.3) is 0 Å². The number of hydrogen-bond acceptors (Lipinski definition) is 2. The third kappa shape index (κ3) is 1.64. The van der Waals surface area contributed by atoms with E-state index in [4.69, 9.17) is 0 Å². The lowest BCUT2D eigenvalue weighted by Gasteiger charge is -2.33. The van der Waals surface area contributed by atoms with Crippen molar-refractivity contribution >= 4 is 0 Å². The van der Waals surface area contributed by atoms with Crippen LogP contribution in [0.2, 0.25) is 0 Å². The summed E-state index contributed by atoms with van der Waals surface area (Å²) >= 11 is 0. The molecular formula is C13H21NO2. The standard InChI is InChI=1S/C13H21NO2/c15-14(16)11-5-6-13-10(8-11)7-9-3-1-2-4-12(9)13/h9-13H,1-8H2. The van der Waals surface area contributed by atoms with Gasteiger partial charge in [0.05, 0.1) is 0 Å². The van der Waals surface area contributed by atoms with E-state index in [1.165, 1.54) is 32.1 Å². The summed E-state index contributed by atoms with van der Waals surface area (Å²) in [6, 6.07) is -0.221. The zero-order chi connectivity index (χ0) is 11.1. The van der Waals surface area contributed by atoms with Crippen molar-refractivity contribution in [2.24, 2.45) is 23.7 Å². The quantitative estimate of drug-likeness (QED) is 0.506. The fourth-order valence-corrected chi connectivity index (χ4v) is 4.77. The Balaban J connectivity index is 1.70. The first-order valence-corrected chi connectivity index (χ1v) is 6.89. The van der Waals surface area contributed by atoms with Crippen molar-refractivity contribution in [3.8, 4) is 0 Å². The maximum atomic E-state index is 10.9. The van der Waals surface area contributed by atoms with Crippen molar-refractivity contribution in [2.75, 3.05) is 0 Å². The predicted molar refractivity (Wildman–Crippen MR) is 61.7 cm³/mol. The molecule has 0 aromatic rings. The molecule has 3 saturated carbocycles. The summed E-state index contributed by atoms with van der Waals surface area (Å²) in [7, 11) is 0. The largest absolute Gasteiger partial charge is 0.264 e. The fourth-order valence-electron chi connectivity index (χ4n) is 4.77. The van der Waals surface area contributed by atoms with Gasteiger partial charge in [0.15, 0.2) is 0 Å². The summed E-state index contributed by atoms with van der Waals surface area (Å²) in [6.07, 6.45) is 9.79. The van der Waals surface area contributed by atoms with Crippen LogP contribution in [0, 0.1) is 33.8 Å². The van der Waals surface area contributed by atoms with Gasteiger partial charge >= 0.3 is 0 Å². The molecule has 5 unspecified atom stereocenters. The van der Waals surface area contributed by atoms with Crippen LogP contribution in [0.15, 0.2) is 0 Å². The highest BCUT2D eigenvalue weighted by molar-refractivity contribution is 4.96. The van der Waals surface area contributed by atoms with Gasteiger partial charge in [0, 0.05) is 17.8 Å². The molecule has 0 saturated heterocycles. The molecule has 3 aliphatic rings. The van der Waals surface area contributed by atoms with E-state index in [-0.39, 0.29) is 11.0 Å². The zero-order valence-electron chi connectivity index (χ0n) is 9.81. The Morgan fingerprint density at radius 1 is 0.875 bits per heavy atom. The van der Waals surface area contributed by atoms with E-state index >= 15 is 0 Å². The summed E-state index contributed by atoms with van der Waals surface area (Å²) in [6.45, 7) is 0. The third-order valence-corrected chi connectivity index (χ3v) is 5.44. The van der Waals surface area contributed by atoms with E-state index in [2.05, 4.69) is 0 Å². The normalized spacial score (nSPS) is 47.1. The van der Waals surface area contributed by atoms with Crippen molar-refractivity contribution in [1.29, 1.82) is 0 Å². The molecule has 0 aromatic heterocycles. The van der Waals surface area contributed by atoms with Crippen molar-refractivity contribution in [1.82, 2.24) is 0 Å². The molecule has 0 heterocycles. The lowest BCUT2D eigenvalue weighted by Crippen LogP contribution is -2.32. The maximum absolute atomic E-state index is 10.9. The summed E-state index contributed by atoms with van der Waals surface area (Å²) in [5, 5.41) is 10.9. The van der Waals surface area contributed by atoms with E-state index in [1.807, 2.05) is 0 Å².